The number of rotatable bonds is 2. The molecule has 17 heavy (non-hydrogen) atoms. The van der Waals surface area contributed by atoms with Crippen molar-refractivity contribution in [2.45, 2.75) is 20.4 Å². The number of benzene rings is 1. The highest BCUT2D eigenvalue weighted by molar-refractivity contribution is 5.85. The first-order chi connectivity index (χ1) is 7.70. The Morgan fingerprint density at radius 1 is 1.12 bits per heavy atom. The van der Waals surface area contributed by atoms with Crippen LogP contribution in [-0.4, -0.2) is 9.97 Å². The molecule has 4 heteroatoms. The molecule has 1 aromatic heterocycles. The summed E-state index contributed by atoms with van der Waals surface area (Å²) in [6.45, 7) is 4.62. The predicted octanol–water partition coefficient (Wildman–Crippen LogP) is 2.64. The minimum absolute atomic E-state index is 0. The van der Waals surface area contributed by atoms with E-state index in [9.17, 15) is 0 Å². The smallest absolute Gasteiger partial charge is 0.116 e. The molecule has 2 aromatic rings. The topological polar surface area (TPSA) is 51.8 Å². The van der Waals surface area contributed by atoms with E-state index in [2.05, 4.69) is 42.0 Å². The maximum absolute atomic E-state index is 5.57. The largest absolute Gasteiger partial charge is 0.325 e. The molecule has 90 valence electrons. The minimum Gasteiger partial charge on any atom is -0.325 e. The van der Waals surface area contributed by atoms with Gasteiger partial charge in [-0.2, -0.15) is 0 Å². The first kappa shape index (κ1) is 13.6. The molecular weight excluding hydrogens is 234 g/mol. The third kappa shape index (κ3) is 3.02. The van der Waals surface area contributed by atoms with Gasteiger partial charge in [0.05, 0.1) is 11.4 Å². The molecule has 0 aliphatic heterocycles. The van der Waals surface area contributed by atoms with E-state index in [0.717, 1.165) is 17.0 Å². The Labute approximate surface area is 108 Å². The van der Waals surface area contributed by atoms with E-state index in [-0.39, 0.29) is 12.4 Å². The molecule has 0 bridgehead atoms. The lowest BCUT2D eigenvalue weighted by atomic mass is 10.0. The molecule has 0 saturated carbocycles. The number of hydrogen-bond donors (Lipinski definition) is 1. The van der Waals surface area contributed by atoms with Gasteiger partial charge in [0.25, 0.3) is 0 Å². The van der Waals surface area contributed by atoms with Crippen molar-refractivity contribution < 1.29 is 0 Å². The first-order valence-corrected chi connectivity index (χ1v) is 5.29. The monoisotopic (exact) mass is 249 g/mol. The van der Waals surface area contributed by atoms with Crippen LogP contribution in [0.3, 0.4) is 0 Å². The summed E-state index contributed by atoms with van der Waals surface area (Å²) in [5.41, 5.74) is 11.0. The second-order valence-electron chi connectivity index (χ2n) is 3.92. The molecule has 0 spiro atoms. The zero-order valence-electron chi connectivity index (χ0n) is 9.97. The van der Waals surface area contributed by atoms with Gasteiger partial charge in [-0.15, -0.1) is 12.4 Å². The predicted molar refractivity (Wildman–Crippen MR) is 72.1 cm³/mol. The van der Waals surface area contributed by atoms with Gasteiger partial charge in [-0.05, 0) is 25.5 Å². The molecule has 0 atom stereocenters. The van der Waals surface area contributed by atoms with Gasteiger partial charge in [0.2, 0.25) is 0 Å². The molecule has 0 aliphatic carbocycles. The summed E-state index contributed by atoms with van der Waals surface area (Å²) in [5, 5.41) is 0. The Bertz CT molecular complexity index is 512. The Balaban J connectivity index is 0.00000144. The van der Waals surface area contributed by atoms with Gasteiger partial charge in [0, 0.05) is 12.1 Å². The van der Waals surface area contributed by atoms with Crippen LogP contribution in [0, 0.1) is 13.8 Å². The van der Waals surface area contributed by atoms with Crippen molar-refractivity contribution in [1.82, 2.24) is 9.97 Å². The Morgan fingerprint density at radius 3 is 2.53 bits per heavy atom. The van der Waals surface area contributed by atoms with Crippen molar-refractivity contribution in [3.05, 3.63) is 47.4 Å². The average Bonchev–Trinajstić information content (AvgIpc) is 2.29. The summed E-state index contributed by atoms with van der Waals surface area (Å²) in [4.78, 5) is 8.38. The number of aryl methyl sites for hydroxylation is 2. The molecule has 1 heterocycles. The fourth-order valence-corrected chi connectivity index (χ4v) is 1.76. The van der Waals surface area contributed by atoms with Gasteiger partial charge < -0.3 is 5.73 Å². The van der Waals surface area contributed by atoms with Crippen molar-refractivity contribution >= 4 is 12.4 Å². The van der Waals surface area contributed by atoms with Gasteiger partial charge in [-0.25, -0.2) is 9.97 Å². The van der Waals surface area contributed by atoms with E-state index < -0.39 is 0 Å². The lowest BCUT2D eigenvalue weighted by Gasteiger charge is -2.06. The molecule has 0 unspecified atom stereocenters. The van der Waals surface area contributed by atoms with E-state index in [4.69, 9.17) is 5.73 Å². The Kier molecular flexibility index (Phi) is 4.61. The molecule has 0 fully saturated rings. The molecule has 1 aromatic carbocycles. The van der Waals surface area contributed by atoms with Gasteiger partial charge in [0.1, 0.15) is 6.33 Å². The second-order valence-corrected chi connectivity index (χ2v) is 3.92. The Morgan fingerprint density at radius 2 is 1.88 bits per heavy atom. The van der Waals surface area contributed by atoms with Crippen molar-refractivity contribution in [3.63, 3.8) is 0 Å². The lowest BCUT2D eigenvalue weighted by Crippen LogP contribution is -2.00. The standard InChI is InChI=1S/C13H15N3.ClH/c1-9-3-4-12(10(2)5-9)13-6-11(7-14)15-8-16-13;/h3-6,8H,7,14H2,1-2H3;1H. The van der Waals surface area contributed by atoms with Crippen LogP contribution in [-0.2, 0) is 6.54 Å². The molecule has 0 aliphatic rings. The highest BCUT2D eigenvalue weighted by Gasteiger charge is 2.04. The van der Waals surface area contributed by atoms with E-state index in [1.165, 1.54) is 11.1 Å². The SMILES string of the molecule is Cc1ccc(-c2cc(CN)ncn2)c(C)c1.Cl. The number of halogens is 1. The fourth-order valence-electron chi connectivity index (χ4n) is 1.76. The zero-order valence-corrected chi connectivity index (χ0v) is 10.8. The second kappa shape index (κ2) is 5.75. The van der Waals surface area contributed by atoms with E-state index in [1.807, 2.05) is 6.07 Å². The summed E-state index contributed by atoms with van der Waals surface area (Å²) >= 11 is 0. The molecule has 0 saturated heterocycles. The van der Waals surface area contributed by atoms with Crippen LogP contribution >= 0.6 is 12.4 Å². The van der Waals surface area contributed by atoms with Gasteiger partial charge >= 0.3 is 0 Å². The van der Waals surface area contributed by atoms with E-state index in [1.54, 1.807) is 6.33 Å². The van der Waals surface area contributed by atoms with Crippen LogP contribution in [0.15, 0.2) is 30.6 Å². The summed E-state index contributed by atoms with van der Waals surface area (Å²) in [7, 11) is 0. The number of nitrogens with two attached hydrogens (primary N) is 1. The van der Waals surface area contributed by atoms with Crippen molar-refractivity contribution in [1.29, 1.82) is 0 Å². The van der Waals surface area contributed by atoms with Crippen molar-refractivity contribution in [2.75, 3.05) is 0 Å². The highest BCUT2D eigenvalue weighted by atomic mass is 35.5. The van der Waals surface area contributed by atoms with Crippen LogP contribution in [0.1, 0.15) is 16.8 Å². The fraction of sp³-hybridized carbons (Fsp3) is 0.231. The quantitative estimate of drug-likeness (QED) is 0.890. The molecule has 2 N–H and O–H groups in total. The average molecular weight is 250 g/mol. The summed E-state index contributed by atoms with van der Waals surface area (Å²) in [6, 6.07) is 8.27. The first-order valence-electron chi connectivity index (χ1n) is 5.29. The lowest BCUT2D eigenvalue weighted by molar-refractivity contribution is 0.966. The van der Waals surface area contributed by atoms with Gasteiger partial charge in [-0.1, -0.05) is 23.8 Å². The molecule has 0 amide bonds. The van der Waals surface area contributed by atoms with Crippen LogP contribution in [0.25, 0.3) is 11.3 Å². The van der Waals surface area contributed by atoms with Crippen molar-refractivity contribution in [3.8, 4) is 11.3 Å². The summed E-state index contributed by atoms with van der Waals surface area (Å²) in [5.74, 6) is 0. The number of aromatic nitrogens is 2. The highest BCUT2D eigenvalue weighted by Crippen LogP contribution is 2.22. The maximum Gasteiger partial charge on any atom is 0.116 e. The van der Waals surface area contributed by atoms with E-state index in [0.29, 0.717) is 6.54 Å². The normalized spacial score (nSPS) is 9.82. The third-order valence-corrected chi connectivity index (χ3v) is 2.59. The zero-order chi connectivity index (χ0) is 11.5. The number of hydrogen-bond acceptors (Lipinski definition) is 3. The van der Waals surface area contributed by atoms with Gasteiger partial charge in [0.15, 0.2) is 0 Å². The third-order valence-electron chi connectivity index (χ3n) is 2.59. The molecular formula is C13H16ClN3. The maximum atomic E-state index is 5.57. The van der Waals surface area contributed by atoms with Crippen LogP contribution < -0.4 is 5.73 Å². The van der Waals surface area contributed by atoms with Crippen molar-refractivity contribution in [2.24, 2.45) is 5.73 Å². The molecule has 0 radical (unpaired) electrons. The van der Waals surface area contributed by atoms with Crippen LogP contribution in [0.5, 0.6) is 0 Å². The summed E-state index contributed by atoms with van der Waals surface area (Å²) < 4.78 is 0. The number of nitrogens with zero attached hydrogens (tertiary/aromatic N) is 2. The van der Waals surface area contributed by atoms with E-state index >= 15 is 0 Å². The van der Waals surface area contributed by atoms with Crippen LogP contribution in [0.4, 0.5) is 0 Å². The van der Waals surface area contributed by atoms with Crippen LogP contribution in [0.2, 0.25) is 0 Å². The molecule has 2 rings (SSSR count). The Hall–Kier alpha value is -1.45. The minimum atomic E-state index is 0. The van der Waals surface area contributed by atoms with Gasteiger partial charge in [-0.3, -0.25) is 0 Å². The summed E-state index contributed by atoms with van der Waals surface area (Å²) in [6.07, 6.45) is 1.57. The molecule has 3 nitrogen and oxygen atoms in total.